The zero-order valence-corrected chi connectivity index (χ0v) is 17.0. The molecule has 0 aromatic heterocycles. The lowest BCUT2D eigenvalue weighted by Crippen LogP contribution is -2.22. The highest BCUT2D eigenvalue weighted by Crippen LogP contribution is 2.30. The molecule has 0 radical (unpaired) electrons. The zero-order valence-electron chi connectivity index (χ0n) is 17.0. The molecular weight excluding hydrogens is 308 g/mol. The monoisotopic (exact) mass is 352 g/mol. The van der Waals surface area contributed by atoms with Gasteiger partial charge >= 0.3 is 0 Å². The van der Waals surface area contributed by atoms with Crippen molar-refractivity contribution < 1.29 is 9.47 Å². The lowest BCUT2D eigenvalue weighted by atomic mass is 9.84. The Morgan fingerprint density at radius 3 is 1.80 bits per heavy atom. The highest BCUT2D eigenvalue weighted by atomic mass is 16.5. The van der Waals surface area contributed by atoms with E-state index < -0.39 is 0 Å². The van der Waals surface area contributed by atoms with Gasteiger partial charge in [0.2, 0.25) is 0 Å². The molecule has 2 nitrogen and oxygen atoms in total. The normalized spacial score (nSPS) is 25.3. The fourth-order valence-electron chi connectivity index (χ4n) is 4.56. The molecular formula is C23H44O2. The average Bonchev–Trinajstić information content (AvgIpc) is 2.66. The van der Waals surface area contributed by atoms with E-state index >= 15 is 0 Å². The fraction of sp³-hybridized carbons (Fsp3) is 1.00. The van der Waals surface area contributed by atoms with Gasteiger partial charge in [-0.15, -0.1) is 0 Å². The summed E-state index contributed by atoms with van der Waals surface area (Å²) in [6.07, 6.45) is 24.1. The maximum Gasteiger partial charge on any atom is 0.0575 e. The molecule has 0 N–H and O–H groups in total. The molecule has 0 aromatic carbocycles. The molecule has 0 aliphatic heterocycles. The van der Waals surface area contributed by atoms with Crippen LogP contribution >= 0.6 is 0 Å². The lowest BCUT2D eigenvalue weighted by Gasteiger charge is -2.28. The third kappa shape index (κ3) is 9.99. The average molecular weight is 353 g/mol. The van der Waals surface area contributed by atoms with E-state index in [0.29, 0.717) is 12.2 Å². The minimum atomic E-state index is 0.567. The summed E-state index contributed by atoms with van der Waals surface area (Å²) in [7, 11) is 0. The molecule has 0 saturated heterocycles. The van der Waals surface area contributed by atoms with Crippen LogP contribution in [0, 0.1) is 5.92 Å². The van der Waals surface area contributed by atoms with Crippen LogP contribution in [0.15, 0.2) is 0 Å². The van der Waals surface area contributed by atoms with Crippen molar-refractivity contribution in [3.63, 3.8) is 0 Å². The summed E-state index contributed by atoms with van der Waals surface area (Å²) < 4.78 is 12.1. The van der Waals surface area contributed by atoms with E-state index in [1.165, 1.54) is 109 Å². The molecule has 2 saturated carbocycles. The Morgan fingerprint density at radius 1 is 0.600 bits per heavy atom. The van der Waals surface area contributed by atoms with Crippen molar-refractivity contribution in [1.82, 2.24) is 0 Å². The molecule has 0 atom stereocenters. The predicted molar refractivity (Wildman–Crippen MR) is 107 cm³/mol. The Labute approximate surface area is 157 Å². The van der Waals surface area contributed by atoms with Crippen LogP contribution in [0.25, 0.3) is 0 Å². The van der Waals surface area contributed by atoms with Crippen molar-refractivity contribution in [3.05, 3.63) is 0 Å². The van der Waals surface area contributed by atoms with Crippen molar-refractivity contribution in [2.24, 2.45) is 5.92 Å². The summed E-state index contributed by atoms with van der Waals surface area (Å²) in [5.41, 5.74) is 0. The van der Waals surface area contributed by atoms with Crippen molar-refractivity contribution in [2.45, 2.75) is 128 Å². The minimum absolute atomic E-state index is 0.567. The standard InChI is InChI=1S/C23H44O2/c1-2-3-7-12-21-15-17-23(18-16-21)25-20-11-5-4-10-19-24-22-13-8-6-9-14-22/h21-23H,2-20H2,1H3. The van der Waals surface area contributed by atoms with Crippen molar-refractivity contribution in [3.8, 4) is 0 Å². The second-order valence-electron chi connectivity index (χ2n) is 8.55. The molecule has 25 heavy (non-hydrogen) atoms. The summed E-state index contributed by atoms with van der Waals surface area (Å²) in [5, 5.41) is 0. The SMILES string of the molecule is CCCCCC1CCC(OCCCCCCOC2CCCCC2)CC1. The molecule has 2 heteroatoms. The molecule has 2 fully saturated rings. The van der Waals surface area contributed by atoms with Crippen molar-refractivity contribution in [2.75, 3.05) is 13.2 Å². The Bertz CT molecular complexity index is 290. The summed E-state index contributed by atoms with van der Waals surface area (Å²) in [6.45, 7) is 4.26. The first-order valence-electron chi connectivity index (χ1n) is 11.6. The second-order valence-corrected chi connectivity index (χ2v) is 8.55. The van der Waals surface area contributed by atoms with Gasteiger partial charge in [0.1, 0.15) is 0 Å². The van der Waals surface area contributed by atoms with Gasteiger partial charge in [-0.05, 0) is 57.3 Å². The Balaban J connectivity index is 1.34. The van der Waals surface area contributed by atoms with Crippen LogP contribution in [-0.4, -0.2) is 25.4 Å². The Kier molecular flexibility index (Phi) is 11.9. The maximum atomic E-state index is 6.13. The third-order valence-electron chi connectivity index (χ3n) is 6.31. The topological polar surface area (TPSA) is 18.5 Å². The molecule has 0 aromatic rings. The third-order valence-corrected chi connectivity index (χ3v) is 6.31. The Hall–Kier alpha value is -0.0800. The van der Waals surface area contributed by atoms with E-state index in [0.717, 1.165) is 19.1 Å². The number of rotatable bonds is 13. The predicted octanol–water partition coefficient (Wildman–Crippen LogP) is 7.05. The molecule has 0 amide bonds. The highest BCUT2D eigenvalue weighted by Gasteiger charge is 2.21. The van der Waals surface area contributed by atoms with E-state index in [2.05, 4.69) is 6.92 Å². The maximum absolute atomic E-state index is 6.13. The molecule has 0 unspecified atom stereocenters. The first-order valence-corrected chi connectivity index (χ1v) is 11.6. The molecule has 2 rings (SSSR count). The van der Waals surface area contributed by atoms with Crippen LogP contribution in [-0.2, 0) is 9.47 Å². The zero-order chi connectivity index (χ0) is 17.6. The molecule has 2 aliphatic carbocycles. The number of hydrogen-bond donors (Lipinski definition) is 0. The number of ether oxygens (including phenoxy) is 2. The van der Waals surface area contributed by atoms with Gasteiger partial charge in [0.05, 0.1) is 12.2 Å². The van der Waals surface area contributed by atoms with E-state index in [1.807, 2.05) is 0 Å². The summed E-state index contributed by atoms with van der Waals surface area (Å²) in [4.78, 5) is 0. The van der Waals surface area contributed by atoms with Gasteiger partial charge in [0.15, 0.2) is 0 Å². The van der Waals surface area contributed by atoms with Gasteiger partial charge in [0.25, 0.3) is 0 Å². The van der Waals surface area contributed by atoms with Crippen LogP contribution in [0.2, 0.25) is 0 Å². The number of hydrogen-bond acceptors (Lipinski definition) is 2. The highest BCUT2D eigenvalue weighted by molar-refractivity contribution is 4.73. The molecule has 0 heterocycles. The quantitative estimate of drug-likeness (QED) is 0.331. The molecule has 0 bridgehead atoms. The summed E-state index contributed by atoms with van der Waals surface area (Å²) in [5.74, 6) is 0.996. The molecule has 0 spiro atoms. The first kappa shape index (κ1) is 21.2. The van der Waals surface area contributed by atoms with E-state index in [4.69, 9.17) is 9.47 Å². The van der Waals surface area contributed by atoms with E-state index in [1.54, 1.807) is 0 Å². The van der Waals surface area contributed by atoms with Crippen LogP contribution in [0.1, 0.15) is 116 Å². The molecule has 148 valence electrons. The van der Waals surface area contributed by atoms with Crippen LogP contribution < -0.4 is 0 Å². The smallest absolute Gasteiger partial charge is 0.0575 e. The molecule has 2 aliphatic rings. The minimum Gasteiger partial charge on any atom is -0.378 e. The first-order chi connectivity index (χ1) is 12.4. The van der Waals surface area contributed by atoms with Gasteiger partial charge in [0, 0.05) is 13.2 Å². The van der Waals surface area contributed by atoms with Gasteiger partial charge in [-0.25, -0.2) is 0 Å². The summed E-state index contributed by atoms with van der Waals surface area (Å²) >= 11 is 0. The van der Waals surface area contributed by atoms with Crippen LogP contribution in [0.3, 0.4) is 0 Å². The van der Waals surface area contributed by atoms with E-state index in [-0.39, 0.29) is 0 Å². The van der Waals surface area contributed by atoms with E-state index in [9.17, 15) is 0 Å². The van der Waals surface area contributed by atoms with Gasteiger partial charge in [-0.3, -0.25) is 0 Å². The largest absolute Gasteiger partial charge is 0.378 e. The van der Waals surface area contributed by atoms with Crippen molar-refractivity contribution in [1.29, 1.82) is 0 Å². The number of unbranched alkanes of at least 4 members (excludes halogenated alkanes) is 5. The van der Waals surface area contributed by atoms with Crippen LogP contribution in [0.5, 0.6) is 0 Å². The van der Waals surface area contributed by atoms with Gasteiger partial charge in [-0.2, -0.15) is 0 Å². The van der Waals surface area contributed by atoms with Crippen molar-refractivity contribution >= 4 is 0 Å². The fourth-order valence-corrected chi connectivity index (χ4v) is 4.56. The Morgan fingerprint density at radius 2 is 1.20 bits per heavy atom. The van der Waals surface area contributed by atoms with Gasteiger partial charge in [-0.1, -0.05) is 64.7 Å². The van der Waals surface area contributed by atoms with Crippen LogP contribution in [0.4, 0.5) is 0 Å². The second kappa shape index (κ2) is 14.0. The van der Waals surface area contributed by atoms with Gasteiger partial charge < -0.3 is 9.47 Å². The lowest BCUT2D eigenvalue weighted by molar-refractivity contribution is 0.0133. The summed E-state index contributed by atoms with van der Waals surface area (Å²) in [6, 6.07) is 0.